The molecule has 2 aromatic rings. The molecule has 2 aromatic carbocycles. The summed E-state index contributed by atoms with van der Waals surface area (Å²) >= 11 is 0. The maximum Gasteiger partial charge on any atom is 0.227 e. The lowest BCUT2D eigenvalue weighted by Gasteiger charge is -2.13. The van der Waals surface area contributed by atoms with Crippen LogP contribution < -0.4 is 10.1 Å². The highest BCUT2D eigenvalue weighted by Crippen LogP contribution is 2.25. The van der Waals surface area contributed by atoms with Crippen LogP contribution in [0.25, 0.3) is 10.8 Å². The lowest BCUT2D eigenvalue weighted by Crippen LogP contribution is -2.29. The standard InChI is InChI=1S/C18H23NO3/c1-13(18(20)19-9-4-10-21-2)14-5-6-16-12-17(22-3)8-7-15(16)11-14/h5-8,11-13H,4,9-10H2,1-3H3,(H,19,20). The fourth-order valence-corrected chi connectivity index (χ4v) is 2.37. The first-order valence-electron chi connectivity index (χ1n) is 7.50. The second-order valence-electron chi connectivity index (χ2n) is 5.33. The van der Waals surface area contributed by atoms with E-state index >= 15 is 0 Å². The summed E-state index contributed by atoms with van der Waals surface area (Å²) in [6, 6.07) is 12.0. The molecule has 4 nitrogen and oxygen atoms in total. The van der Waals surface area contributed by atoms with Crippen molar-refractivity contribution in [3.63, 3.8) is 0 Å². The van der Waals surface area contributed by atoms with Gasteiger partial charge in [-0.05, 0) is 41.8 Å². The Kier molecular flexibility index (Phi) is 5.78. The molecular formula is C18H23NO3. The van der Waals surface area contributed by atoms with Crippen molar-refractivity contribution in [2.75, 3.05) is 27.4 Å². The number of hydrogen-bond acceptors (Lipinski definition) is 3. The largest absolute Gasteiger partial charge is 0.497 e. The Hall–Kier alpha value is -2.07. The SMILES string of the molecule is COCCCNC(=O)C(C)c1ccc2cc(OC)ccc2c1. The number of carbonyl (C=O) groups excluding carboxylic acids is 1. The van der Waals surface area contributed by atoms with Crippen molar-refractivity contribution in [3.05, 3.63) is 42.0 Å². The molecule has 0 radical (unpaired) electrons. The van der Waals surface area contributed by atoms with E-state index in [1.165, 1.54) is 0 Å². The molecule has 1 atom stereocenters. The molecule has 0 fully saturated rings. The third-order valence-corrected chi connectivity index (χ3v) is 3.79. The lowest BCUT2D eigenvalue weighted by atomic mass is 9.97. The first-order valence-corrected chi connectivity index (χ1v) is 7.50. The number of hydrogen-bond donors (Lipinski definition) is 1. The van der Waals surface area contributed by atoms with Gasteiger partial charge in [-0.15, -0.1) is 0 Å². The van der Waals surface area contributed by atoms with Gasteiger partial charge in [-0.25, -0.2) is 0 Å². The van der Waals surface area contributed by atoms with E-state index in [4.69, 9.17) is 9.47 Å². The Bertz CT molecular complexity index is 639. The molecule has 0 heterocycles. The molecule has 0 saturated carbocycles. The summed E-state index contributed by atoms with van der Waals surface area (Å²) in [6.45, 7) is 3.23. The van der Waals surface area contributed by atoms with Crippen molar-refractivity contribution in [3.8, 4) is 5.75 Å². The number of methoxy groups -OCH3 is 2. The van der Waals surface area contributed by atoms with Crippen molar-refractivity contribution in [1.82, 2.24) is 5.32 Å². The number of nitrogens with one attached hydrogen (secondary N) is 1. The van der Waals surface area contributed by atoms with Crippen LogP contribution in [0.2, 0.25) is 0 Å². The lowest BCUT2D eigenvalue weighted by molar-refractivity contribution is -0.122. The molecule has 1 amide bonds. The van der Waals surface area contributed by atoms with Gasteiger partial charge in [0.05, 0.1) is 13.0 Å². The fourth-order valence-electron chi connectivity index (χ4n) is 2.37. The van der Waals surface area contributed by atoms with Crippen LogP contribution in [0.3, 0.4) is 0 Å². The third kappa shape index (κ3) is 3.98. The molecule has 118 valence electrons. The highest BCUT2D eigenvalue weighted by molar-refractivity contribution is 5.88. The number of amides is 1. The Morgan fingerprint density at radius 3 is 2.59 bits per heavy atom. The monoisotopic (exact) mass is 301 g/mol. The van der Waals surface area contributed by atoms with E-state index in [-0.39, 0.29) is 11.8 Å². The van der Waals surface area contributed by atoms with Crippen LogP contribution in [0.15, 0.2) is 36.4 Å². The van der Waals surface area contributed by atoms with Gasteiger partial charge in [-0.3, -0.25) is 4.79 Å². The zero-order valence-electron chi connectivity index (χ0n) is 13.4. The molecule has 0 aliphatic heterocycles. The molecule has 0 bridgehead atoms. The van der Waals surface area contributed by atoms with E-state index in [0.717, 1.165) is 28.5 Å². The first kappa shape index (κ1) is 16.3. The molecule has 2 rings (SSSR count). The summed E-state index contributed by atoms with van der Waals surface area (Å²) in [5.74, 6) is 0.710. The predicted molar refractivity (Wildman–Crippen MR) is 88.4 cm³/mol. The van der Waals surface area contributed by atoms with E-state index in [9.17, 15) is 4.79 Å². The van der Waals surface area contributed by atoms with Gasteiger partial charge in [-0.1, -0.05) is 24.3 Å². The summed E-state index contributed by atoms with van der Waals surface area (Å²) in [6.07, 6.45) is 0.826. The molecular weight excluding hydrogens is 278 g/mol. The van der Waals surface area contributed by atoms with Crippen LogP contribution in [0, 0.1) is 0 Å². The van der Waals surface area contributed by atoms with Gasteiger partial charge in [0.1, 0.15) is 5.75 Å². The molecule has 0 aromatic heterocycles. The summed E-state index contributed by atoms with van der Waals surface area (Å²) in [5, 5.41) is 5.16. The van der Waals surface area contributed by atoms with E-state index in [2.05, 4.69) is 11.4 Å². The fraction of sp³-hybridized carbons (Fsp3) is 0.389. The Balaban J connectivity index is 2.07. The van der Waals surface area contributed by atoms with Gasteiger partial charge >= 0.3 is 0 Å². The molecule has 0 saturated heterocycles. The summed E-state index contributed by atoms with van der Waals surface area (Å²) in [4.78, 5) is 12.2. The van der Waals surface area contributed by atoms with Crippen molar-refractivity contribution in [1.29, 1.82) is 0 Å². The first-order chi connectivity index (χ1) is 10.7. The van der Waals surface area contributed by atoms with Crippen molar-refractivity contribution in [2.24, 2.45) is 0 Å². The van der Waals surface area contributed by atoms with Crippen molar-refractivity contribution in [2.45, 2.75) is 19.3 Å². The zero-order valence-corrected chi connectivity index (χ0v) is 13.4. The van der Waals surface area contributed by atoms with Gasteiger partial charge in [0.2, 0.25) is 5.91 Å². The topological polar surface area (TPSA) is 47.6 Å². The smallest absolute Gasteiger partial charge is 0.227 e. The number of fused-ring (bicyclic) bond motifs is 1. The predicted octanol–water partition coefficient (Wildman–Crippen LogP) is 3.10. The molecule has 0 spiro atoms. The molecule has 4 heteroatoms. The maximum absolute atomic E-state index is 12.2. The van der Waals surface area contributed by atoms with E-state index in [0.29, 0.717) is 13.2 Å². The minimum atomic E-state index is -0.172. The van der Waals surface area contributed by atoms with Crippen LogP contribution in [0.1, 0.15) is 24.8 Å². The third-order valence-electron chi connectivity index (χ3n) is 3.79. The highest BCUT2D eigenvalue weighted by atomic mass is 16.5. The second-order valence-corrected chi connectivity index (χ2v) is 5.33. The quantitative estimate of drug-likeness (QED) is 0.799. The minimum absolute atomic E-state index is 0.0453. The molecule has 1 N–H and O–H groups in total. The number of rotatable bonds is 7. The molecule has 1 unspecified atom stereocenters. The van der Waals surface area contributed by atoms with Crippen LogP contribution in [-0.4, -0.2) is 33.3 Å². The van der Waals surface area contributed by atoms with E-state index in [1.807, 2.05) is 37.3 Å². The number of benzene rings is 2. The average Bonchev–Trinajstić information content (AvgIpc) is 2.56. The summed E-state index contributed by atoms with van der Waals surface area (Å²) < 4.78 is 10.2. The van der Waals surface area contributed by atoms with Crippen LogP contribution in [0.5, 0.6) is 5.75 Å². The minimum Gasteiger partial charge on any atom is -0.497 e. The van der Waals surface area contributed by atoms with Gasteiger partial charge in [0, 0.05) is 20.3 Å². The Labute approximate surface area is 131 Å². The van der Waals surface area contributed by atoms with Crippen LogP contribution in [0.4, 0.5) is 0 Å². The van der Waals surface area contributed by atoms with Crippen molar-refractivity contribution < 1.29 is 14.3 Å². The average molecular weight is 301 g/mol. The molecule has 0 aliphatic rings. The second kappa shape index (κ2) is 7.80. The number of carbonyl (C=O) groups is 1. The Morgan fingerprint density at radius 2 is 1.86 bits per heavy atom. The van der Waals surface area contributed by atoms with Gasteiger partial charge in [0.25, 0.3) is 0 Å². The maximum atomic E-state index is 12.2. The molecule has 22 heavy (non-hydrogen) atoms. The zero-order chi connectivity index (χ0) is 15.9. The van der Waals surface area contributed by atoms with E-state index in [1.54, 1.807) is 14.2 Å². The van der Waals surface area contributed by atoms with Crippen molar-refractivity contribution >= 4 is 16.7 Å². The number of ether oxygens (including phenoxy) is 2. The summed E-state index contributed by atoms with van der Waals surface area (Å²) in [7, 11) is 3.32. The van der Waals surface area contributed by atoms with Gasteiger partial charge in [-0.2, -0.15) is 0 Å². The van der Waals surface area contributed by atoms with Crippen LogP contribution >= 0.6 is 0 Å². The summed E-state index contributed by atoms with van der Waals surface area (Å²) in [5.41, 5.74) is 1.02. The van der Waals surface area contributed by atoms with Crippen LogP contribution in [-0.2, 0) is 9.53 Å². The normalized spacial score (nSPS) is 12.1. The van der Waals surface area contributed by atoms with Gasteiger partial charge in [0.15, 0.2) is 0 Å². The van der Waals surface area contributed by atoms with Gasteiger partial charge < -0.3 is 14.8 Å². The Morgan fingerprint density at radius 1 is 1.14 bits per heavy atom. The van der Waals surface area contributed by atoms with E-state index < -0.39 is 0 Å². The highest BCUT2D eigenvalue weighted by Gasteiger charge is 2.15. The molecule has 0 aliphatic carbocycles.